The van der Waals surface area contributed by atoms with Gasteiger partial charge in [0.15, 0.2) is 0 Å². The van der Waals surface area contributed by atoms with Crippen molar-refractivity contribution < 1.29 is 0 Å². The first-order chi connectivity index (χ1) is 7.25. The van der Waals surface area contributed by atoms with Crippen LogP contribution in [0.1, 0.15) is 24.1 Å². The van der Waals surface area contributed by atoms with Crippen molar-refractivity contribution in [1.82, 2.24) is 4.98 Å². The Morgan fingerprint density at radius 2 is 1.87 bits per heavy atom. The largest absolute Gasteiger partial charge is 0.357 e. The Bertz CT molecular complexity index is 528. The summed E-state index contributed by atoms with van der Waals surface area (Å²) in [7, 11) is 0. The number of nitrogens with one attached hydrogen (secondary N) is 1. The third-order valence-electron chi connectivity index (χ3n) is 3.12. The van der Waals surface area contributed by atoms with Gasteiger partial charge in [0.05, 0.1) is 5.52 Å². The number of aromatic nitrogens is 1. The fourth-order valence-corrected chi connectivity index (χ4v) is 3.75. The third kappa shape index (κ3) is 1.56. The van der Waals surface area contributed by atoms with Crippen molar-refractivity contribution in [3.63, 3.8) is 0 Å². The van der Waals surface area contributed by atoms with Gasteiger partial charge in [0.2, 0.25) is 0 Å². The topological polar surface area (TPSA) is 15.8 Å². The van der Waals surface area contributed by atoms with E-state index in [-0.39, 0.29) is 0 Å². The van der Waals surface area contributed by atoms with Gasteiger partial charge >= 0.3 is 0 Å². The molecule has 0 bridgehead atoms. The molecule has 0 unspecified atom stereocenters. The molecule has 0 aliphatic heterocycles. The maximum atomic E-state index is 3.61. The first-order valence-electron chi connectivity index (χ1n) is 5.24. The molecule has 0 atom stereocenters. The van der Waals surface area contributed by atoms with E-state index in [2.05, 4.69) is 49.0 Å². The van der Waals surface area contributed by atoms with Crippen molar-refractivity contribution in [3.8, 4) is 0 Å². The number of benzene rings is 1. The van der Waals surface area contributed by atoms with Crippen molar-refractivity contribution in [2.45, 2.75) is 25.7 Å². The molecule has 3 heteroatoms. The number of aromatic amines is 1. The van der Waals surface area contributed by atoms with Gasteiger partial charge < -0.3 is 4.98 Å². The summed E-state index contributed by atoms with van der Waals surface area (Å²) in [4.78, 5) is 3.54. The highest BCUT2D eigenvalue weighted by atomic mass is 79.9. The minimum atomic E-state index is 1.15. The van der Waals surface area contributed by atoms with Gasteiger partial charge in [-0.1, -0.05) is 15.9 Å². The van der Waals surface area contributed by atoms with E-state index >= 15 is 0 Å². The zero-order chi connectivity index (χ0) is 10.4. The Labute approximate surface area is 106 Å². The van der Waals surface area contributed by atoms with E-state index in [0.717, 1.165) is 8.95 Å². The first-order valence-corrected chi connectivity index (χ1v) is 6.83. The lowest BCUT2D eigenvalue weighted by molar-refractivity contribution is 0.680. The predicted molar refractivity (Wildman–Crippen MR) is 70.3 cm³/mol. The van der Waals surface area contributed by atoms with Gasteiger partial charge in [-0.15, -0.1) is 0 Å². The lowest BCUT2D eigenvalue weighted by Crippen LogP contribution is -1.99. The summed E-state index contributed by atoms with van der Waals surface area (Å²) in [5.74, 6) is 0. The second-order valence-corrected chi connectivity index (χ2v) is 5.87. The summed E-state index contributed by atoms with van der Waals surface area (Å²) in [5, 5.41) is 1.38. The Balaban J connectivity index is 2.37. The Kier molecular flexibility index (Phi) is 2.40. The number of halogens is 2. The zero-order valence-corrected chi connectivity index (χ0v) is 11.4. The molecule has 0 saturated heterocycles. The normalized spacial score (nSPS) is 15.6. The lowest BCUT2D eigenvalue weighted by atomic mass is 9.96. The SMILES string of the molecule is Brc1cc(Br)c2[nH]c3c(c2c1)CCCC3. The molecule has 0 radical (unpaired) electrons. The van der Waals surface area contributed by atoms with E-state index in [1.165, 1.54) is 47.8 Å². The van der Waals surface area contributed by atoms with Crippen LogP contribution in [0.4, 0.5) is 0 Å². The zero-order valence-electron chi connectivity index (χ0n) is 8.24. The van der Waals surface area contributed by atoms with Gasteiger partial charge in [-0.2, -0.15) is 0 Å². The van der Waals surface area contributed by atoms with E-state index in [9.17, 15) is 0 Å². The molecular weight excluding hydrogens is 318 g/mol. The third-order valence-corrected chi connectivity index (χ3v) is 4.21. The van der Waals surface area contributed by atoms with Gasteiger partial charge in [-0.25, -0.2) is 0 Å². The smallest absolute Gasteiger partial charge is 0.0604 e. The second-order valence-electron chi connectivity index (χ2n) is 4.10. The molecule has 2 aromatic rings. The van der Waals surface area contributed by atoms with Crippen molar-refractivity contribution in [2.24, 2.45) is 0 Å². The fraction of sp³-hybridized carbons (Fsp3) is 0.333. The van der Waals surface area contributed by atoms with Crippen LogP contribution < -0.4 is 0 Å². The number of hydrogen-bond acceptors (Lipinski definition) is 0. The highest BCUT2D eigenvalue weighted by Gasteiger charge is 2.16. The van der Waals surface area contributed by atoms with Crippen LogP contribution in [0.25, 0.3) is 10.9 Å². The molecule has 1 aliphatic carbocycles. The van der Waals surface area contributed by atoms with E-state index in [1.54, 1.807) is 0 Å². The maximum Gasteiger partial charge on any atom is 0.0604 e. The molecule has 0 amide bonds. The molecule has 3 rings (SSSR count). The highest BCUT2D eigenvalue weighted by Crippen LogP contribution is 2.35. The van der Waals surface area contributed by atoms with Crippen LogP contribution in [0.3, 0.4) is 0 Å². The summed E-state index contributed by atoms with van der Waals surface area (Å²) in [6, 6.07) is 4.32. The molecule has 1 aliphatic rings. The van der Waals surface area contributed by atoms with Crippen LogP contribution in [-0.2, 0) is 12.8 Å². The molecule has 0 spiro atoms. The highest BCUT2D eigenvalue weighted by molar-refractivity contribution is 9.11. The number of hydrogen-bond donors (Lipinski definition) is 1. The Morgan fingerprint density at radius 3 is 2.73 bits per heavy atom. The Morgan fingerprint density at radius 1 is 1.07 bits per heavy atom. The van der Waals surface area contributed by atoms with Crippen molar-refractivity contribution in [1.29, 1.82) is 0 Å². The standard InChI is InChI=1S/C12H11Br2N/c13-7-5-9-8-3-1-2-4-11(8)15-12(9)10(14)6-7/h5-6,15H,1-4H2. The minimum Gasteiger partial charge on any atom is -0.357 e. The Hall–Kier alpha value is -0.280. The minimum absolute atomic E-state index is 1.15. The van der Waals surface area contributed by atoms with E-state index in [4.69, 9.17) is 0 Å². The summed E-state index contributed by atoms with van der Waals surface area (Å²) in [6.07, 6.45) is 5.06. The van der Waals surface area contributed by atoms with Crippen molar-refractivity contribution in [3.05, 3.63) is 32.3 Å². The quantitative estimate of drug-likeness (QED) is 0.729. The number of aryl methyl sites for hydroxylation is 2. The molecule has 1 heterocycles. The van der Waals surface area contributed by atoms with Gasteiger partial charge in [-0.3, -0.25) is 0 Å². The lowest BCUT2D eigenvalue weighted by Gasteiger charge is -2.10. The van der Waals surface area contributed by atoms with Crippen LogP contribution in [0.15, 0.2) is 21.1 Å². The summed E-state index contributed by atoms with van der Waals surface area (Å²) >= 11 is 7.16. The van der Waals surface area contributed by atoms with Gasteiger partial charge in [0.1, 0.15) is 0 Å². The molecule has 0 fully saturated rings. The second kappa shape index (κ2) is 3.63. The fourth-order valence-electron chi connectivity index (χ4n) is 2.43. The predicted octanol–water partition coefficient (Wildman–Crippen LogP) is 4.57. The van der Waals surface area contributed by atoms with E-state index < -0.39 is 0 Å². The molecule has 1 aromatic heterocycles. The average molecular weight is 329 g/mol. The van der Waals surface area contributed by atoms with E-state index in [0.29, 0.717) is 0 Å². The summed E-state index contributed by atoms with van der Waals surface area (Å²) in [5.41, 5.74) is 4.22. The first kappa shape index (κ1) is 9.91. The number of H-pyrrole nitrogens is 1. The summed E-state index contributed by atoms with van der Waals surface area (Å²) < 4.78 is 2.30. The molecular formula is C12H11Br2N. The van der Waals surface area contributed by atoms with Gasteiger partial charge in [-0.05, 0) is 59.3 Å². The van der Waals surface area contributed by atoms with Gasteiger partial charge in [0.25, 0.3) is 0 Å². The van der Waals surface area contributed by atoms with Crippen LogP contribution >= 0.6 is 31.9 Å². The van der Waals surface area contributed by atoms with Crippen LogP contribution in [-0.4, -0.2) is 4.98 Å². The summed E-state index contributed by atoms with van der Waals surface area (Å²) in [6.45, 7) is 0. The molecule has 78 valence electrons. The van der Waals surface area contributed by atoms with Gasteiger partial charge in [0, 0.05) is 20.0 Å². The molecule has 1 nitrogen and oxygen atoms in total. The number of fused-ring (bicyclic) bond motifs is 3. The van der Waals surface area contributed by atoms with Crippen LogP contribution in [0.5, 0.6) is 0 Å². The molecule has 15 heavy (non-hydrogen) atoms. The maximum absolute atomic E-state index is 3.61. The van der Waals surface area contributed by atoms with Crippen LogP contribution in [0.2, 0.25) is 0 Å². The number of rotatable bonds is 0. The average Bonchev–Trinajstić information content (AvgIpc) is 2.57. The molecule has 1 aromatic carbocycles. The van der Waals surface area contributed by atoms with Crippen molar-refractivity contribution in [2.75, 3.05) is 0 Å². The monoisotopic (exact) mass is 327 g/mol. The molecule has 0 saturated carbocycles. The van der Waals surface area contributed by atoms with Crippen molar-refractivity contribution >= 4 is 42.8 Å². The molecule has 1 N–H and O–H groups in total. The van der Waals surface area contributed by atoms with E-state index in [1.807, 2.05) is 0 Å². The van der Waals surface area contributed by atoms with Crippen LogP contribution in [0, 0.1) is 0 Å².